The van der Waals surface area contributed by atoms with Crippen LogP contribution in [0.1, 0.15) is 28.9 Å². The number of nitrogens with zero attached hydrogens (tertiary/aromatic N) is 1. The second-order valence-electron chi connectivity index (χ2n) is 4.21. The van der Waals surface area contributed by atoms with E-state index in [4.69, 9.17) is 4.74 Å². The molecule has 4 heteroatoms. The van der Waals surface area contributed by atoms with Gasteiger partial charge in [0.25, 0.3) is 5.91 Å². The second kappa shape index (κ2) is 6.00. The number of carbonyl (C=O) groups excluding carboxylic acids is 1. The van der Waals surface area contributed by atoms with E-state index in [0.29, 0.717) is 11.3 Å². The highest BCUT2D eigenvalue weighted by Crippen LogP contribution is 2.15. The van der Waals surface area contributed by atoms with Crippen LogP contribution in [0.15, 0.2) is 48.8 Å². The number of hydrogen-bond acceptors (Lipinski definition) is 3. The molecular formula is C15H16N2O2. The third-order valence-corrected chi connectivity index (χ3v) is 2.89. The summed E-state index contributed by atoms with van der Waals surface area (Å²) in [4.78, 5) is 16.1. The maximum atomic E-state index is 12.1. The number of amides is 1. The van der Waals surface area contributed by atoms with Crippen molar-refractivity contribution >= 4 is 5.91 Å². The lowest BCUT2D eigenvalue weighted by atomic mass is 10.1. The Morgan fingerprint density at radius 1 is 1.26 bits per heavy atom. The zero-order valence-corrected chi connectivity index (χ0v) is 11.0. The molecule has 0 spiro atoms. The van der Waals surface area contributed by atoms with E-state index in [1.54, 1.807) is 37.7 Å². The average molecular weight is 256 g/mol. The standard InChI is InChI=1S/C15H16N2O2/c1-11(12-6-8-16-9-7-12)17-15(18)13-4-3-5-14(10-13)19-2/h3-11H,1-2H3,(H,17,18). The molecule has 1 atom stereocenters. The Bertz CT molecular complexity index is 555. The van der Waals surface area contributed by atoms with Crippen LogP contribution in [0.5, 0.6) is 5.75 Å². The fourth-order valence-electron chi connectivity index (χ4n) is 1.78. The van der Waals surface area contributed by atoms with Crippen LogP contribution in [0.3, 0.4) is 0 Å². The summed E-state index contributed by atoms with van der Waals surface area (Å²) in [5, 5.41) is 2.94. The Morgan fingerprint density at radius 2 is 2.00 bits per heavy atom. The predicted molar refractivity (Wildman–Crippen MR) is 73.1 cm³/mol. The molecule has 1 N–H and O–H groups in total. The lowest BCUT2D eigenvalue weighted by Gasteiger charge is -2.14. The van der Waals surface area contributed by atoms with Gasteiger partial charge in [-0.3, -0.25) is 9.78 Å². The van der Waals surface area contributed by atoms with Gasteiger partial charge in [0.05, 0.1) is 13.2 Å². The Balaban J connectivity index is 2.08. The van der Waals surface area contributed by atoms with Gasteiger partial charge in [0.15, 0.2) is 0 Å². The summed E-state index contributed by atoms with van der Waals surface area (Å²) >= 11 is 0. The van der Waals surface area contributed by atoms with Gasteiger partial charge in [-0.25, -0.2) is 0 Å². The summed E-state index contributed by atoms with van der Waals surface area (Å²) in [5.74, 6) is 0.549. The van der Waals surface area contributed by atoms with Gasteiger partial charge in [0.1, 0.15) is 5.75 Å². The van der Waals surface area contributed by atoms with E-state index in [-0.39, 0.29) is 11.9 Å². The smallest absolute Gasteiger partial charge is 0.251 e. The maximum Gasteiger partial charge on any atom is 0.251 e. The quantitative estimate of drug-likeness (QED) is 0.914. The normalized spacial score (nSPS) is 11.7. The van der Waals surface area contributed by atoms with Crippen molar-refractivity contribution in [2.45, 2.75) is 13.0 Å². The van der Waals surface area contributed by atoms with Gasteiger partial charge >= 0.3 is 0 Å². The van der Waals surface area contributed by atoms with Crippen LogP contribution in [0.25, 0.3) is 0 Å². The van der Waals surface area contributed by atoms with Gasteiger partial charge < -0.3 is 10.1 Å². The molecule has 1 amide bonds. The predicted octanol–water partition coefficient (Wildman–Crippen LogP) is 2.58. The molecule has 0 saturated heterocycles. The van der Waals surface area contributed by atoms with Gasteiger partial charge in [-0.05, 0) is 42.8 Å². The molecule has 1 unspecified atom stereocenters. The first-order valence-electron chi connectivity index (χ1n) is 6.05. The van der Waals surface area contributed by atoms with Crippen molar-refractivity contribution < 1.29 is 9.53 Å². The van der Waals surface area contributed by atoms with Crippen molar-refractivity contribution in [2.75, 3.05) is 7.11 Å². The number of pyridine rings is 1. The van der Waals surface area contributed by atoms with Gasteiger partial charge in [-0.2, -0.15) is 0 Å². The average Bonchev–Trinajstić information content (AvgIpc) is 2.48. The number of rotatable bonds is 4. The number of ether oxygens (including phenoxy) is 1. The van der Waals surface area contributed by atoms with Crippen molar-refractivity contribution in [2.24, 2.45) is 0 Å². The summed E-state index contributed by atoms with van der Waals surface area (Å²) in [6, 6.07) is 10.8. The molecule has 1 aromatic heterocycles. The summed E-state index contributed by atoms with van der Waals surface area (Å²) in [6.07, 6.45) is 3.42. The van der Waals surface area contributed by atoms with Crippen molar-refractivity contribution in [3.8, 4) is 5.75 Å². The molecule has 0 fully saturated rings. The minimum atomic E-state index is -0.122. The molecule has 0 aliphatic rings. The number of benzene rings is 1. The van der Waals surface area contributed by atoms with Crippen LogP contribution in [-0.4, -0.2) is 18.0 Å². The Kier molecular flexibility index (Phi) is 4.13. The highest BCUT2D eigenvalue weighted by molar-refractivity contribution is 5.94. The van der Waals surface area contributed by atoms with E-state index in [1.807, 2.05) is 25.1 Å². The van der Waals surface area contributed by atoms with Crippen LogP contribution < -0.4 is 10.1 Å². The number of carbonyl (C=O) groups is 1. The molecular weight excluding hydrogens is 240 g/mol. The molecule has 1 heterocycles. The first kappa shape index (κ1) is 13.1. The number of methoxy groups -OCH3 is 1. The molecule has 19 heavy (non-hydrogen) atoms. The number of hydrogen-bond donors (Lipinski definition) is 1. The van der Waals surface area contributed by atoms with Crippen molar-refractivity contribution in [1.82, 2.24) is 10.3 Å². The SMILES string of the molecule is COc1cccc(C(=O)NC(C)c2ccncc2)c1. The molecule has 0 saturated carbocycles. The van der Waals surface area contributed by atoms with E-state index in [0.717, 1.165) is 5.56 Å². The molecule has 1 aromatic carbocycles. The highest BCUT2D eigenvalue weighted by Gasteiger charge is 2.11. The van der Waals surface area contributed by atoms with E-state index < -0.39 is 0 Å². The van der Waals surface area contributed by atoms with Gasteiger partial charge in [-0.15, -0.1) is 0 Å². The maximum absolute atomic E-state index is 12.1. The summed E-state index contributed by atoms with van der Waals surface area (Å²) in [7, 11) is 1.58. The van der Waals surface area contributed by atoms with Crippen molar-refractivity contribution in [3.63, 3.8) is 0 Å². The Hall–Kier alpha value is -2.36. The second-order valence-corrected chi connectivity index (χ2v) is 4.21. The largest absolute Gasteiger partial charge is 0.497 e. The van der Waals surface area contributed by atoms with Gasteiger partial charge in [0.2, 0.25) is 0 Å². The number of nitrogens with one attached hydrogen (secondary N) is 1. The van der Waals surface area contributed by atoms with Crippen LogP contribution in [0.4, 0.5) is 0 Å². The molecule has 0 radical (unpaired) electrons. The topological polar surface area (TPSA) is 51.2 Å². The molecule has 0 aliphatic heterocycles. The van der Waals surface area contributed by atoms with E-state index in [1.165, 1.54) is 0 Å². The Labute approximate surface area is 112 Å². The first-order valence-corrected chi connectivity index (χ1v) is 6.05. The number of aromatic nitrogens is 1. The van der Waals surface area contributed by atoms with Crippen LogP contribution in [0.2, 0.25) is 0 Å². The minimum Gasteiger partial charge on any atom is -0.497 e. The molecule has 98 valence electrons. The van der Waals surface area contributed by atoms with E-state index >= 15 is 0 Å². The van der Waals surface area contributed by atoms with Gasteiger partial charge in [-0.1, -0.05) is 6.07 Å². The molecule has 0 bridgehead atoms. The fourth-order valence-corrected chi connectivity index (χ4v) is 1.78. The highest BCUT2D eigenvalue weighted by atomic mass is 16.5. The van der Waals surface area contributed by atoms with Crippen molar-refractivity contribution in [1.29, 1.82) is 0 Å². The third-order valence-electron chi connectivity index (χ3n) is 2.89. The van der Waals surface area contributed by atoms with Gasteiger partial charge in [0, 0.05) is 18.0 Å². The third kappa shape index (κ3) is 3.31. The molecule has 2 aromatic rings. The summed E-state index contributed by atoms with van der Waals surface area (Å²) in [5.41, 5.74) is 1.60. The molecule has 4 nitrogen and oxygen atoms in total. The zero-order chi connectivity index (χ0) is 13.7. The monoisotopic (exact) mass is 256 g/mol. The van der Waals surface area contributed by atoms with E-state index in [2.05, 4.69) is 10.3 Å². The first-order chi connectivity index (χ1) is 9.20. The molecule has 2 rings (SSSR count). The lowest BCUT2D eigenvalue weighted by Crippen LogP contribution is -2.26. The summed E-state index contributed by atoms with van der Waals surface area (Å²) in [6.45, 7) is 1.94. The zero-order valence-electron chi connectivity index (χ0n) is 11.0. The van der Waals surface area contributed by atoms with E-state index in [9.17, 15) is 4.79 Å². The van der Waals surface area contributed by atoms with Crippen molar-refractivity contribution in [3.05, 3.63) is 59.9 Å². The minimum absolute atomic E-state index is 0.0679. The summed E-state index contributed by atoms with van der Waals surface area (Å²) < 4.78 is 5.11. The lowest BCUT2D eigenvalue weighted by molar-refractivity contribution is 0.0939. The Morgan fingerprint density at radius 3 is 2.68 bits per heavy atom. The fraction of sp³-hybridized carbons (Fsp3) is 0.200. The van der Waals surface area contributed by atoms with Crippen LogP contribution in [-0.2, 0) is 0 Å². The molecule has 0 aliphatic carbocycles. The van der Waals surface area contributed by atoms with Crippen LogP contribution >= 0.6 is 0 Å². The van der Waals surface area contributed by atoms with Crippen LogP contribution in [0, 0.1) is 0 Å².